The Bertz CT molecular complexity index is 3830. The summed E-state index contributed by atoms with van der Waals surface area (Å²) in [4.78, 5) is 10.9. The Labute approximate surface area is 325 Å². The third-order valence-corrected chi connectivity index (χ3v) is 11.9. The van der Waals surface area contributed by atoms with Gasteiger partial charge in [0.1, 0.15) is 16.9 Å². The molecule has 0 aliphatic heterocycles. The molecular weight excluding hydrogens is 697 g/mol. The van der Waals surface area contributed by atoms with Crippen LogP contribution in [0.4, 0.5) is 0 Å². The SMILES string of the molecule is c1ccc2cc3c(cc2c1)c1ccccc1n3-c1cccc2cc3c4ccccc4n(-c4nc5ccccc5nc4-c4cccc5oc6ccccc6c45)c3cc12. The van der Waals surface area contributed by atoms with E-state index in [1.165, 1.54) is 38.0 Å². The standard InChI is InChI=1S/C52H30N4O/c1-2-14-32-29-46-39(27-31(32)13-1)34-16-3-8-22-43(34)55(46)45-24-11-15-33-28-40-35-17-4-9-23-44(35)56(47(40)30-38(33)45)52-51(53-41-20-6-7-21-42(41)54-52)37-19-12-26-49-50(37)36-18-5-10-25-48(36)57-49/h1-30H. The average Bonchev–Trinajstić information content (AvgIpc) is 3.91. The second-order valence-electron chi connectivity index (χ2n) is 15.0. The number of fused-ring (bicyclic) bond motifs is 12. The second kappa shape index (κ2) is 11.4. The molecule has 0 fully saturated rings. The summed E-state index contributed by atoms with van der Waals surface area (Å²) in [6.45, 7) is 0. The predicted octanol–water partition coefficient (Wildman–Crippen LogP) is 13.7. The van der Waals surface area contributed by atoms with Gasteiger partial charge in [-0.25, -0.2) is 9.97 Å². The molecule has 0 amide bonds. The molecular formula is C52H30N4O. The van der Waals surface area contributed by atoms with Crippen LogP contribution in [0.15, 0.2) is 186 Å². The van der Waals surface area contributed by atoms with Crippen molar-refractivity contribution in [3.8, 4) is 22.8 Å². The quantitative estimate of drug-likeness (QED) is 0.182. The minimum Gasteiger partial charge on any atom is -0.456 e. The van der Waals surface area contributed by atoms with Crippen LogP contribution in [0, 0.1) is 0 Å². The molecule has 0 unspecified atom stereocenters. The Balaban J connectivity index is 1.16. The Morgan fingerprint density at radius 2 is 0.947 bits per heavy atom. The number of nitrogens with zero attached hydrogens (tertiary/aromatic N) is 4. The highest BCUT2D eigenvalue weighted by Gasteiger charge is 2.23. The zero-order valence-electron chi connectivity index (χ0n) is 30.5. The number of para-hydroxylation sites is 5. The smallest absolute Gasteiger partial charge is 0.165 e. The van der Waals surface area contributed by atoms with E-state index in [2.05, 4.69) is 155 Å². The van der Waals surface area contributed by atoms with E-state index in [1.54, 1.807) is 0 Å². The molecule has 4 heterocycles. The first-order chi connectivity index (χ1) is 28.3. The van der Waals surface area contributed by atoms with Crippen LogP contribution in [-0.4, -0.2) is 19.1 Å². The molecule has 0 saturated heterocycles. The number of rotatable bonds is 3. The Morgan fingerprint density at radius 1 is 0.368 bits per heavy atom. The van der Waals surface area contributed by atoms with Gasteiger partial charge in [0.2, 0.25) is 0 Å². The number of benzene rings is 9. The van der Waals surface area contributed by atoms with Crippen molar-refractivity contribution < 1.29 is 4.42 Å². The summed E-state index contributed by atoms with van der Waals surface area (Å²) in [7, 11) is 0. The van der Waals surface area contributed by atoms with E-state index in [4.69, 9.17) is 14.4 Å². The van der Waals surface area contributed by atoms with Crippen LogP contribution >= 0.6 is 0 Å². The van der Waals surface area contributed by atoms with E-state index in [-0.39, 0.29) is 0 Å². The monoisotopic (exact) mass is 726 g/mol. The largest absolute Gasteiger partial charge is 0.456 e. The lowest BCUT2D eigenvalue weighted by Crippen LogP contribution is -2.04. The molecule has 264 valence electrons. The molecule has 5 heteroatoms. The van der Waals surface area contributed by atoms with Gasteiger partial charge in [0.25, 0.3) is 0 Å². The van der Waals surface area contributed by atoms with E-state index in [0.717, 1.165) is 82.9 Å². The Kier molecular flexibility index (Phi) is 6.10. The third-order valence-electron chi connectivity index (χ3n) is 11.9. The van der Waals surface area contributed by atoms with Crippen molar-refractivity contribution in [2.24, 2.45) is 0 Å². The molecule has 0 aliphatic rings. The first-order valence-electron chi connectivity index (χ1n) is 19.3. The highest BCUT2D eigenvalue weighted by Crippen LogP contribution is 2.43. The zero-order valence-corrected chi connectivity index (χ0v) is 30.5. The van der Waals surface area contributed by atoms with Crippen molar-refractivity contribution in [1.29, 1.82) is 0 Å². The van der Waals surface area contributed by atoms with Gasteiger partial charge in [0.15, 0.2) is 5.82 Å². The fourth-order valence-electron chi connectivity index (χ4n) is 9.36. The van der Waals surface area contributed by atoms with Crippen molar-refractivity contribution in [2.75, 3.05) is 0 Å². The van der Waals surface area contributed by atoms with Gasteiger partial charge in [0, 0.05) is 43.3 Å². The summed E-state index contributed by atoms with van der Waals surface area (Å²) in [5, 5.41) is 11.7. The minimum atomic E-state index is 0.776. The minimum absolute atomic E-state index is 0.776. The summed E-state index contributed by atoms with van der Waals surface area (Å²) in [5.74, 6) is 0.776. The molecule has 0 aliphatic carbocycles. The zero-order chi connectivity index (χ0) is 37.2. The van der Waals surface area contributed by atoms with Crippen molar-refractivity contribution in [1.82, 2.24) is 19.1 Å². The average molecular weight is 727 g/mol. The fraction of sp³-hybridized carbons (Fsp3) is 0. The molecule has 13 aromatic rings. The van der Waals surface area contributed by atoms with Crippen LogP contribution in [0.3, 0.4) is 0 Å². The summed E-state index contributed by atoms with van der Waals surface area (Å²) in [6.07, 6.45) is 0. The van der Waals surface area contributed by atoms with Crippen molar-refractivity contribution in [2.45, 2.75) is 0 Å². The van der Waals surface area contributed by atoms with Gasteiger partial charge in [-0.1, -0.05) is 115 Å². The number of hydrogen-bond acceptors (Lipinski definition) is 3. The maximum atomic E-state index is 6.40. The lowest BCUT2D eigenvalue weighted by Gasteiger charge is -2.15. The third kappa shape index (κ3) is 4.28. The summed E-state index contributed by atoms with van der Waals surface area (Å²) >= 11 is 0. The van der Waals surface area contributed by atoms with Gasteiger partial charge in [-0.3, -0.25) is 4.57 Å². The van der Waals surface area contributed by atoms with Crippen LogP contribution in [0.1, 0.15) is 0 Å². The molecule has 0 spiro atoms. The van der Waals surface area contributed by atoms with Gasteiger partial charge >= 0.3 is 0 Å². The van der Waals surface area contributed by atoms with E-state index >= 15 is 0 Å². The molecule has 0 radical (unpaired) electrons. The summed E-state index contributed by atoms with van der Waals surface area (Å²) in [5.41, 5.74) is 10.8. The summed E-state index contributed by atoms with van der Waals surface area (Å²) in [6, 6.07) is 64.8. The van der Waals surface area contributed by atoms with Crippen LogP contribution in [0.2, 0.25) is 0 Å². The second-order valence-corrected chi connectivity index (χ2v) is 15.0. The molecule has 4 aromatic heterocycles. The maximum absolute atomic E-state index is 6.40. The van der Waals surface area contributed by atoms with Crippen LogP contribution in [-0.2, 0) is 0 Å². The molecule has 0 atom stereocenters. The van der Waals surface area contributed by atoms with Crippen LogP contribution in [0.5, 0.6) is 0 Å². The highest BCUT2D eigenvalue weighted by atomic mass is 16.3. The van der Waals surface area contributed by atoms with Gasteiger partial charge in [-0.05, 0) is 82.9 Å². The topological polar surface area (TPSA) is 48.8 Å². The normalized spacial score (nSPS) is 12.2. The molecule has 9 aromatic carbocycles. The van der Waals surface area contributed by atoms with Crippen molar-refractivity contribution in [3.63, 3.8) is 0 Å². The molecule has 0 bridgehead atoms. The highest BCUT2D eigenvalue weighted by molar-refractivity contribution is 6.18. The van der Waals surface area contributed by atoms with Gasteiger partial charge in [-0.15, -0.1) is 0 Å². The van der Waals surface area contributed by atoms with Gasteiger partial charge in [0.05, 0.1) is 38.8 Å². The predicted molar refractivity (Wildman–Crippen MR) is 236 cm³/mol. The molecule has 5 nitrogen and oxygen atoms in total. The molecule has 0 saturated carbocycles. The Morgan fingerprint density at radius 3 is 1.75 bits per heavy atom. The number of aromatic nitrogens is 4. The maximum Gasteiger partial charge on any atom is 0.165 e. The van der Waals surface area contributed by atoms with E-state index in [9.17, 15) is 0 Å². The van der Waals surface area contributed by atoms with E-state index in [0.29, 0.717) is 0 Å². The molecule has 13 rings (SSSR count). The lowest BCUT2D eigenvalue weighted by molar-refractivity contribution is 0.669. The fourth-order valence-corrected chi connectivity index (χ4v) is 9.36. The van der Waals surface area contributed by atoms with Crippen LogP contribution < -0.4 is 0 Å². The Hall–Kier alpha value is -7.76. The number of furan rings is 1. The molecule has 0 N–H and O–H groups in total. The van der Waals surface area contributed by atoms with Crippen LogP contribution in [0.25, 0.3) is 121 Å². The van der Waals surface area contributed by atoms with Gasteiger partial charge < -0.3 is 8.98 Å². The number of hydrogen-bond donors (Lipinski definition) is 0. The lowest BCUT2D eigenvalue weighted by atomic mass is 10.0. The van der Waals surface area contributed by atoms with Crippen molar-refractivity contribution in [3.05, 3.63) is 182 Å². The summed E-state index contributed by atoms with van der Waals surface area (Å²) < 4.78 is 11.2. The van der Waals surface area contributed by atoms with E-state index < -0.39 is 0 Å². The van der Waals surface area contributed by atoms with Gasteiger partial charge in [-0.2, -0.15) is 0 Å². The molecule has 57 heavy (non-hydrogen) atoms. The van der Waals surface area contributed by atoms with Crippen molar-refractivity contribution >= 4 is 98.1 Å². The first-order valence-corrected chi connectivity index (χ1v) is 19.3. The first kappa shape index (κ1) is 30.6. The van der Waals surface area contributed by atoms with E-state index in [1.807, 2.05) is 36.4 Å².